The first-order valence-electron chi connectivity index (χ1n) is 7.76. The SMILES string of the molecule is O=C(Nc1ncc(Cc2ccc(F)cc2)s1)c1coc2ccc(F)cc12. The number of nitrogens with zero attached hydrogens (tertiary/aromatic N) is 1. The molecule has 0 bridgehead atoms. The van der Waals surface area contributed by atoms with Crippen molar-refractivity contribution in [2.45, 2.75) is 6.42 Å². The summed E-state index contributed by atoms with van der Waals surface area (Å²) in [5, 5.41) is 3.53. The maximum absolute atomic E-state index is 13.4. The van der Waals surface area contributed by atoms with Crippen LogP contribution in [0.3, 0.4) is 0 Å². The number of aromatic nitrogens is 1. The molecular weight excluding hydrogens is 358 g/mol. The van der Waals surface area contributed by atoms with Crippen LogP contribution in [0.15, 0.2) is 59.3 Å². The second kappa shape index (κ2) is 6.68. The Morgan fingerprint density at radius 1 is 1.12 bits per heavy atom. The summed E-state index contributed by atoms with van der Waals surface area (Å²) >= 11 is 1.32. The van der Waals surface area contributed by atoms with Gasteiger partial charge in [-0.15, -0.1) is 11.3 Å². The number of furan rings is 1. The number of thiazole rings is 1. The van der Waals surface area contributed by atoms with Gasteiger partial charge in [0.15, 0.2) is 5.13 Å². The summed E-state index contributed by atoms with van der Waals surface area (Å²) in [5.41, 5.74) is 1.63. The fourth-order valence-electron chi connectivity index (χ4n) is 2.59. The first kappa shape index (κ1) is 16.4. The van der Waals surface area contributed by atoms with E-state index in [1.165, 1.54) is 47.9 Å². The molecule has 0 radical (unpaired) electrons. The van der Waals surface area contributed by atoms with Gasteiger partial charge in [-0.25, -0.2) is 13.8 Å². The van der Waals surface area contributed by atoms with Gasteiger partial charge in [0.1, 0.15) is 23.5 Å². The van der Waals surface area contributed by atoms with Crippen molar-refractivity contribution in [1.29, 1.82) is 0 Å². The Morgan fingerprint density at radius 3 is 2.69 bits per heavy atom. The fourth-order valence-corrected chi connectivity index (χ4v) is 3.43. The number of amides is 1. The molecule has 0 unspecified atom stereocenters. The number of fused-ring (bicyclic) bond motifs is 1. The Labute approximate surface area is 151 Å². The second-order valence-electron chi connectivity index (χ2n) is 5.68. The van der Waals surface area contributed by atoms with Gasteiger partial charge >= 0.3 is 0 Å². The number of carbonyl (C=O) groups is 1. The van der Waals surface area contributed by atoms with Crippen molar-refractivity contribution in [2.24, 2.45) is 0 Å². The van der Waals surface area contributed by atoms with Crippen LogP contribution in [0.1, 0.15) is 20.8 Å². The molecule has 0 aliphatic heterocycles. The lowest BCUT2D eigenvalue weighted by atomic mass is 10.1. The number of halogens is 2. The summed E-state index contributed by atoms with van der Waals surface area (Å²) in [5.74, 6) is -1.14. The van der Waals surface area contributed by atoms with Crippen molar-refractivity contribution < 1.29 is 18.0 Å². The highest BCUT2D eigenvalue weighted by Gasteiger charge is 2.16. The number of anilines is 1. The lowest BCUT2D eigenvalue weighted by Gasteiger charge is -2.00. The Balaban J connectivity index is 1.50. The average molecular weight is 370 g/mol. The van der Waals surface area contributed by atoms with E-state index in [4.69, 9.17) is 4.42 Å². The molecule has 1 N–H and O–H groups in total. The molecule has 0 aliphatic carbocycles. The molecule has 26 heavy (non-hydrogen) atoms. The van der Waals surface area contributed by atoms with Crippen molar-refractivity contribution in [3.8, 4) is 0 Å². The van der Waals surface area contributed by atoms with E-state index in [1.54, 1.807) is 18.3 Å². The normalized spacial score (nSPS) is 11.0. The third-order valence-electron chi connectivity index (χ3n) is 3.85. The molecule has 0 aliphatic rings. The van der Waals surface area contributed by atoms with Crippen LogP contribution in [0.25, 0.3) is 11.0 Å². The smallest absolute Gasteiger partial charge is 0.261 e. The summed E-state index contributed by atoms with van der Waals surface area (Å²) in [7, 11) is 0. The van der Waals surface area contributed by atoms with Gasteiger partial charge in [0.2, 0.25) is 0 Å². The summed E-state index contributed by atoms with van der Waals surface area (Å²) < 4.78 is 31.6. The molecule has 4 nitrogen and oxygen atoms in total. The highest BCUT2D eigenvalue weighted by atomic mass is 32.1. The van der Waals surface area contributed by atoms with E-state index < -0.39 is 11.7 Å². The molecule has 0 fully saturated rings. The van der Waals surface area contributed by atoms with E-state index in [-0.39, 0.29) is 11.4 Å². The Bertz CT molecular complexity index is 1090. The molecule has 7 heteroatoms. The molecule has 130 valence electrons. The summed E-state index contributed by atoms with van der Waals surface area (Å²) in [4.78, 5) is 17.5. The third kappa shape index (κ3) is 3.34. The van der Waals surface area contributed by atoms with Crippen LogP contribution in [0.2, 0.25) is 0 Å². The maximum atomic E-state index is 13.4. The summed E-state index contributed by atoms with van der Waals surface area (Å²) in [6.07, 6.45) is 3.55. The van der Waals surface area contributed by atoms with Gasteiger partial charge in [-0.1, -0.05) is 12.1 Å². The molecule has 2 aromatic heterocycles. The van der Waals surface area contributed by atoms with Gasteiger partial charge in [0.25, 0.3) is 5.91 Å². The van der Waals surface area contributed by atoms with Crippen molar-refractivity contribution in [3.63, 3.8) is 0 Å². The number of carbonyl (C=O) groups excluding carboxylic acids is 1. The average Bonchev–Trinajstić information content (AvgIpc) is 3.23. The van der Waals surface area contributed by atoms with E-state index in [0.29, 0.717) is 22.5 Å². The first-order valence-corrected chi connectivity index (χ1v) is 8.57. The van der Waals surface area contributed by atoms with Crippen LogP contribution in [0.5, 0.6) is 0 Å². The highest BCUT2D eigenvalue weighted by molar-refractivity contribution is 7.15. The van der Waals surface area contributed by atoms with Gasteiger partial charge in [-0.05, 0) is 35.9 Å². The molecule has 0 spiro atoms. The molecular formula is C19H12F2N2O2S. The number of nitrogens with one attached hydrogen (secondary N) is 1. The van der Waals surface area contributed by atoms with E-state index in [1.807, 2.05) is 0 Å². The third-order valence-corrected chi connectivity index (χ3v) is 4.76. The van der Waals surface area contributed by atoms with Crippen LogP contribution in [-0.2, 0) is 6.42 Å². The van der Waals surface area contributed by atoms with E-state index in [9.17, 15) is 13.6 Å². The van der Waals surface area contributed by atoms with Crippen LogP contribution in [-0.4, -0.2) is 10.9 Å². The second-order valence-corrected chi connectivity index (χ2v) is 6.79. The minimum Gasteiger partial charge on any atom is -0.463 e. The molecule has 1 amide bonds. The number of rotatable bonds is 4. The number of hydrogen-bond donors (Lipinski definition) is 1. The van der Waals surface area contributed by atoms with Crippen LogP contribution >= 0.6 is 11.3 Å². The molecule has 2 aromatic carbocycles. The minimum absolute atomic E-state index is 0.245. The molecule has 4 aromatic rings. The first-order chi connectivity index (χ1) is 12.6. The topological polar surface area (TPSA) is 55.1 Å². The number of benzene rings is 2. The quantitative estimate of drug-likeness (QED) is 0.549. The van der Waals surface area contributed by atoms with Gasteiger partial charge in [-0.3, -0.25) is 10.1 Å². The van der Waals surface area contributed by atoms with Gasteiger partial charge in [-0.2, -0.15) is 0 Å². The van der Waals surface area contributed by atoms with E-state index in [2.05, 4.69) is 10.3 Å². The van der Waals surface area contributed by atoms with E-state index in [0.717, 1.165) is 10.4 Å². The highest BCUT2D eigenvalue weighted by Crippen LogP contribution is 2.25. The van der Waals surface area contributed by atoms with Crippen molar-refractivity contribution >= 4 is 33.3 Å². The zero-order valence-electron chi connectivity index (χ0n) is 13.3. The Morgan fingerprint density at radius 2 is 1.88 bits per heavy atom. The molecule has 0 atom stereocenters. The molecule has 4 rings (SSSR count). The lowest BCUT2D eigenvalue weighted by molar-refractivity contribution is 0.102. The predicted molar refractivity (Wildman–Crippen MR) is 95.4 cm³/mol. The molecule has 2 heterocycles. The van der Waals surface area contributed by atoms with Crippen LogP contribution < -0.4 is 5.32 Å². The zero-order chi connectivity index (χ0) is 18.1. The fraction of sp³-hybridized carbons (Fsp3) is 0.0526. The lowest BCUT2D eigenvalue weighted by Crippen LogP contribution is -2.10. The summed E-state index contributed by atoms with van der Waals surface area (Å²) in [6, 6.07) is 10.2. The van der Waals surface area contributed by atoms with Gasteiger partial charge in [0.05, 0.1) is 5.56 Å². The summed E-state index contributed by atoms with van der Waals surface area (Å²) in [6.45, 7) is 0. The monoisotopic (exact) mass is 370 g/mol. The van der Waals surface area contributed by atoms with E-state index >= 15 is 0 Å². The Hall–Kier alpha value is -3.06. The predicted octanol–water partition coefficient (Wildman–Crippen LogP) is 5.01. The zero-order valence-corrected chi connectivity index (χ0v) is 14.1. The van der Waals surface area contributed by atoms with Crippen molar-refractivity contribution in [3.05, 3.63) is 82.6 Å². The van der Waals surface area contributed by atoms with Gasteiger partial charge in [0, 0.05) is 22.9 Å². The maximum Gasteiger partial charge on any atom is 0.261 e. The Kier molecular flexibility index (Phi) is 4.22. The molecule has 0 saturated carbocycles. The largest absolute Gasteiger partial charge is 0.463 e. The minimum atomic E-state index is -0.441. The van der Waals surface area contributed by atoms with Gasteiger partial charge < -0.3 is 4.42 Å². The van der Waals surface area contributed by atoms with Crippen LogP contribution in [0, 0.1) is 11.6 Å². The standard InChI is InChI=1S/C19H12F2N2O2S/c20-12-3-1-11(2-4-12)7-14-9-22-19(26-14)23-18(24)16-10-25-17-6-5-13(21)8-15(16)17/h1-6,8-10H,7H2,(H,22,23,24). The van der Waals surface area contributed by atoms with Crippen molar-refractivity contribution in [2.75, 3.05) is 5.32 Å². The van der Waals surface area contributed by atoms with Crippen LogP contribution in [0.4, 0.5) is 13.9 Å². The molecule has 0 saturated heterocycles. The number of hydrogen-bond acceptors (Lipinski definition) is 4. The van der Waals surface area contributed by atoms with Crippen molar-refractivity contribution in [1.82, 2.24) is 4.98 Å².